The van der Waals surface area contributed by atoms with Crippen LogP contribution in [-0.2, 0) is 6.42 Å². The molecule has 0 saturated heterocycles. The topological polar surface area (TPSA) is 21.3 Å². The molecule has 0 radical (unpaired) electrons. The first-order chi connectivity index (χ1) is 9.90. The van der Waals surface area contributed by atoms with E-state index >= 15 is 0 Å². The third-order valence-electron chi connectivity index (χ3n) is 4.85. The zero-order valence-electron chi connectivity index (χ0n) is 12.7. The van der Waals surface area contributed by atoms with Gasteiger partial charge in [-0.3, -0.25) is 0 Å². The lowest BCUT2D eigenvalue weighted by Gasteiger charge is -2.30. The Hall–Kier alpha value is -1.02. The highest BCUT2D eigenvalue weighted by molar-refractivity contribution is 5.45. The van der Waals surface area contributed by atoms with E-state index in [4.69, 9.17) is 4.74 Å². The standard InChI is InChI=1S/C18H27NO/c1-2-19-17-12-5-3-4-10-15(17)16-11-6-8-14-9-7-13-20-18(14)16/h6,8,11,15,17,19H,2-5,7,9-10,12-13H2,1H3. The number of hydrogen-bond acceptors (Lipinski definition) is 2. The molecule has 2 heteroatoms. The van der Waals surface area contributed by atoms with E-state index in [1.165, 1.54) is 55.4 Å². The average molecular weight is 273 g/mol. The zero-order chi connectivity index (χ0) is 13.8. The van der Waals surface area contributed by atoms with Crippen LogP contribution in [0.15, 0.2) is 18.2 Å². The van der Waals surface area contributed by atoms with Crippen molar-refractivity contribution >= 4 is 0 Å². The summed E-state index contributed by atoms with van der Waals surface area (Å²) in [6, 6.07) is 7.41. The van der Waals surface area contributed by atoms with Crippen LogP contribution in [0.5, 0.6) is 5.75 Å². The van der Waals surface area contributed by atoms with Crippen LogP contribution in [0.2, 0.25) is 0 Å². The molecular formula is C18H27NO. The van der Waals surface area contributed by atoms with Crippen LogP contribution in [0.4, 0.5) is 0 Å². The smallest absolute Gasteiger partial charge is 0.126 e. The van der Waals surface area contributed by atoms with Crippen LogP contribution in [0.3, 0.4) is 0 Å². The van der Waals surface area contributed by atoms with Crippen LogP contribution in [-0.4, -0.2) is 19.2 Å². The van der Waals surface area contributed by atoms with Crippen molar-refractivity contribution in [3.05, 3.63) is 29.3 Å². The Morgan fingerprint density at radius 2 is 2.05 bits per heavy atom. The van der Waals surface area contributed by atoms with Crippen molar-refractivity contribution in [1.82, 2.24) is 5.32 Å². The summed E-state index contributed by atoms with van der Waals surface area (Å²) in [5.74, 6) is 1.85. The van der Waals surface area contributed by atoms with Crippen molar-refractivity contribution < 1.29 is 4.74 Å². The number of rotatable bonds is 3. The fraction of sp³-hybridized carbons (Fsp3) is 0.667. The molecule has 1 aliphatic carbocycles. The van der Waals surface area contributed by atoms with Gasteiger partial charge in [0.05, 0.1) is 6.61 Å². The Morgan fingerprint density at radius 1 is 1.15 bits per heavy atom. The summed E-state index contributed by atoms with van der Waals surface area (Å²) < 4.78 is 6.05. The zero-order valence-corrected chi connectivity index (χ0v) is 12.7. The summed E-state index contributed by atoms with van der Waals surface area (Å²) in [5.41, 5.74) is 2.89. The Balaban J connectivity index is 1.92. The number of nitrogens with one attached hydrogen (secondary N) is 1. The Morgan fingerprint density at radius 3 is 2.95 bits per heavy atom. The van der Waals surface area contributed by atoms with Crippen molar-refractivity contribution in [1.29, 1.82) is 0 Å². The number of benzene rings is 1. The maximum atomic E-state index is 6.05. The molecule has 1 aromatic carbocycles. The fourth-order valence-electron chi connectivity index (χ4n) is 3.89. The normalized spacial score (nSPS) is 26.4. The lowest BCUT2D eigenvalue weighted by molar-refractivity contribution is 0.279. The first kappa shape index (κ1) is 13.9. The van der Waals surface area contributed by atoms with E-state index in [0.29, 0.717) is 12.0 Å². The fourth-order valence-corrected chi connectivity index (χ4v) is 3.89. The molecule has 20 heavy (non-hydrogen) atoms. The summed E-state index contributed by atoms with van der Waals surface area (Å²) in [7, 11) is 0. The quantitative estimate of drug-likeness (QED) is 0.839. The summed E-state index contributed by atoms with van der Waals surface area (Å²) in [6.45, 7) is 4.18. The highest BCUT2D eigenvalue weighted by Gasteiger charge is 2.28. The molecular weight excluding hydrogens is 246 g/mol. The molecule has 2 atom stereocenters. The molecule has 0 amide bonds. The monoisotopic (exact) mass is 273 g/mol. The number of ether oxygens (including phenoxy) is 1. The molecule has 3 rings (SSSR count). The highest BCUT2D eigenvalue weighted by Crippen LogP contribution is 2.40. The Bertz CT molecular complexity index is 443. The van der Waals surface area contributed by atoms with Crippen molar-refractivity contribution in [3.63, 3.8) is 0 Å². The summed E-state index contributed by atoms with van der Waals surface area (Å²) in [5, 5.41) is 3.72. The van der Waals surface area contributed by atoms with E-state index in [9.17, 15) is 0 Å². The molecule has 1 N–H and O–H groups in total. The molecule has 0 aromatic heterocycles. The van der Waals surface area contributed by atoms with Gasteiger partial charge < -0.3 is 10.1 Å². The molecule has 1 aliphatic heterocycles. The van der Waals surface area contributed by atoms with Crippen LogP contribution in [0, 0.1) is 0 Å². The van der Waals surface area contributed by atoms with Gasteiger partial charge in [-0.15, -0.1) is 0 Å². The second kappa shape index (κ2) is 6.62. The van der Waals surface area contributed by atoms with Gasteiger partial charge in [0, 0.05) is 12.0 Å². The third kappa shape index (κ3) is 2.85. The third-order valence-corrected chi connectivity index (χ3v) is 4.85. The molecule has 2 nitrogen and oxygen atoms in total. The molecule has 110 valence electrons. The van der Waals surface area contributed by atoms with Gasteiger partial charge in [-0.25, -0.2) is 0 Å². The molecule has 0 spiro atoms. The number of para-hydroxylation sites is 1. The molecule has 2 unspecified atom stereocenters. The molecule has 1 fully saturated rings. The van der Waals surface area contributed by atoms with Gasteiger partial charge in [-0.2, -0.15) is 0 Å². The predicted octanol–water partition coefficient (Wildman–Crippen LogP) is 4.04. The van der Waals surface area contributed by atoms with Gasteiger partial charge in [0.25, 0.3) is 0 Å². The molecule has 0 bridgehead atoms. The van der Waals surface area contributed by atoms with Gasteiger partial charge >= 0.3 is 0 Å². The predicted molar refractivity (Wildman–Crippen MR) is 83.5 cm³/mol. The number of likely N-dealkylation sites (N-methyl/N-ethyl adjacent to an activating group) is 1. The van der Waals surface area contributed by atoms with Gasteiger partial charge in [-0.1, -0.05) is 44.4 Å². The summed E-state index contributed by atoms with van der Waals surface area (Å²) >= 11 is 0. The highest BCUT2D eigenvalue weighted by atomic mass is 16.5. The lowest BCUT2D eigenvalue weighted by atomic mass is 9.85. The summed E-state index contributed by atoms with van der Waals surface area (Å²) in [4.78, 5) is 0. The van der Waals surface area contributed by atoms with E-state index in [-0.39, 0.29) is 0 Å². The van der Waals surface area contributed by atoms with Crippen molar-refractivity contribution in [2.24, 2.45) is 0 Å². The van der Waals surface area contributed by atoms with Gasteiger partial charge in [0.15, 0.2) is 0 Å². The minimum absolute atomic E-state index is 0.625. The van der Waals surface area contributed by atoms with E-state index in [1.54, 1.807) is 0 Å². The second-order valence-electron chi connectivity index (χ2n) is 6.20. The first-order valence-electron chi connectivity index (χ1n) is 8.38. The maximum absolute atomic E-state index is 6.05. The largest absolute Gasteiger partial charge is 0.493 e. The average Bonchev–Trinajstić information content (AvgIpc) is 2.73. The van der Waals surface area contributed by atoms with Crippen LogP contribution in [0.25, 0.3) is 0 Å². The molecule has 1 saturated carbocycles. The SMILES string of the molecule is CCNC1CCCCCC1c1cccc2c1OCCC2. The number of hydrogen-bond donors (Lipinski definition) is 1. The Kier molecular flexibility index (Phi) is 4.62. The van der Waals surface area contributed by atoms with Gasteiger partial charge in [0.2, 0.25) is 0 Å². The minimum atomic E-state index is 0.625. The van der Waals surface area contributed by atoms with Crippen LogP contribution < -0.4 is 10.1 Å². The second-order valence-corrected chi connectivity index (χ2v) is 6.20. The maximum Gasteiger partial charge on any atom is 0.126 e. The van der Waals surface area contributed by atoms with Gasteiger partial charge in [0.1, 0.15) is 5.75 Å². The van der Waals surface area contributed by atoms with Crippen molar-refractivity contribution in [2.45, 2.75) is 63.8 Å². The van der Waals surface area contributed by atoms with E-state index < -0.39 is 0 Å². The van der Waals surface area contributed by atoms with Crippen LogP contribution in [0.1, 0.15) is 62.5 Å². The minimum Gasteiger partial charge on any atom is -0.493 e. The van der Waals surface area contributed by atoms with Crippen LogP contribution >= 0.6 is 0 Å². The Labute approximate surface area is 122 Å². The van der Waals surface area contributed by atoms with E-state index in [2.05, 4.69) is 30.4 Å². The van der Waals surface area contributed by atoms with Crippen molar-refractivity contribution in [3.8, 4) is 5.75 Å². The number of fused-ring (bicyclic) bond motifs is 1. The molecule has 1 aromatic rings. The van der Waals surface area contributed by atoms with E-state index in [1.807, 2.05) is 0 Å². The number of aryl methyl sites for hydroxylation is 1. The van der Waals surface area contributed by atoms with Gasteiger partial charge in [-0.05, 0) is 43.4 Å². The molecule has 1 heterocycles. The lowest BCUT2D eigenvalue weighted by Crippen LogP contribution is -2.34. The first-order valence-corrected chi connectivity index (χ1v) is 8.38. The summed E-state index contributed by atoms with van der Waals surface area (Å²) in [6.07, 6.45) is 9.06. The van der Waals surface area contributed by atoms with Crippen molar-refractivity contribution in [2.75, 3.05) is 13.2 Å². The molecule has 2 aliphatic rings. The van der Waals surface area contributed by atoms with E-state index in [0.717, 1.165) is 19.6 Å².